The van der Waals surface area contributed by atoms with E-state index in [-0.39, 0.29) is 5.76 Å². The largest absolute Gasteiger partial charge is 0.475 e. The highest BCUT2D eigenvalue weighted by atomic mass is 16.4. The summed E-state index contributed by atoms with van der Waals surface area (Å²) >= 11 is 0. The Morgan fingerprint density at radius 3 is 2.73 bits per heavy atom. The summed E-state index contributed by atoms with van der Waals surface area (Å²) in [6, 6.07) is 3.47. The van der Waals surface area contributed by atoms with Crippen LogP contribution in [0.1, 0.15) is 43.7 Å². The molecule has 1 atom stereocenters. The molecule has 1 rings (SSSR count). The molecule has 4 nitrogen and oxygen atoms in total. The van der Waals surface area contributed by atoms with Gasteiger partial charge < -0.3 is 14.8 Å². The van der Waals surface area contributed by atoms with E-state index in [1.807, 2.05) is 0 Å². The normalized spacial score (nSPS) is 12.4. The average Bonchev–Trinajstić information content (AvgIpc) is 2.65. The molecule has 0 spiro atoms. The summed E-state index contributed by atoms with van der Waals surface area (Å²) in [6.07, 6.45) is 3.15. The lowest BCUT2D eigenvalue weighted by Crippen LogP contribution is -2.17. The quantitative estimate of drug-likeness (QED) is 0.759. The summed E-state index contributed by atoms with van der Waals surface area (Å²) in [5.41, 5.74) is 0. The van der Waals surface area contributed by atoms with Gasteiger partial charge in [0.1, 0.15) is 0 Å². The van der Waals surface area contributed by atoms with Crippen LogP contribution in [0, 0.1) is 0 Å². The minimum atomic E-state index is -1.04. The summed E-state index contributed by atoms with van der Waals surface area (Å²) in [5.74, 6) is -0.525. The van der Waals surface area contributed by atoms with E-state index < -0.39 is 5.97 Å². The van der Waals surface area contributed by atoms with Crippen molar-refractivity contribution in [3.63, 3.8) is 0 Å². The first kappa shape index (κ1) is 11.6. The van der Waals surface area contributed by atoms with Gasteiger partial charge in [0, 0.05) is 12.1 Å². The molecule has 0 aliphatic carbocycles. The van der Waals surface area contributed by atoms with Crippen LogP contribution < -0.4 is 5.32 Å². The Kier molecular flexibility index (Phi) is 4.21. The number of aromatic carboxylic acids is 1. The fourth-order valence-electron chi connectivity index (χ4n) is 1.46. The molecule has 1 aromatic rings. The Morgan fingerprint density at radius 1 is 1.53 bits per heavy atom. The summed E-state index contributed by atoms with van der Waals surface area (Å²) in [6.45, 7) is 4.21. The number of rotatable bonds is 6. The van der Waals surface area contributed by atoms with E-state index in [9.17, 15) is 4.79 Å². The van der Waals surface area contributed by atoms with Crippen molar-refractivity contribution in [3.05, 3.63) is 17.9 Å². The molecule has 0 saturated heterocycles. The van der Waals surface area contributed by atoms with Gasteiger partial charge in [0.2, 0.25) is 5.76 Å². The third-order valence-corrected chi connectivity index (χ3v) is 2.29. The van der Waals surface area contributed by atoms with Crippen molar-refractivity contribution >= 4 is 11.9 Å². The molecule has 4 heteroatoms. The number of hydrogen-bond donors (Lipinski definition) is 2. The summed E-state index contributed by atoms with van der Waals surface area (Å²) < 4.78 is 5.11. The molecule has 84 valence electrons. The maximum atomic E-state index is 10.6. The number of carbonyl (C=O) groups is 1. The second kappa shape index (κ2) is 5.44. The molecule has 0 aliphatic rings. The standard InChI is InChI=1S/C11H17NO3/c1-3-5-8(4-2)12-10-7-6-9(15-10)11(13)14/h6-8,12H,3-5H2,1-2H3,(H,13,14). The van der Waals surface area contributed by atoms with Crippen LogP contribution in [0.25, 0.3) is 0 Å². The summed E-state index contributed by atoms with van der Waals surface area (Å²) in [7, 11) is 0. The predicted octanol–water partition coefficient (Wildman–Crippen LogP) is 2.97. The Labute approximate surface area is 89.3 Å². The van der Waals surface area contributed by atoms with Crippen molar-refractivity contribution in [1.29, 1.82) is 0 Å². The minimum absolute atomic E-state index is 0.0242. The second-order valence-electron chi connectivity index (χ2n) is 3.51. The van der Waals surface area contributed by atoms with Crippen LogP contribution in [0.15, 0.2) is 16.5 Å². The Morgan fingerprint density at radius 2 is 2.27 bits per heavy atom. The van der Waals surface area contributed by atoms with Crippen molar-refractivity contribution in [2.24, 2.45) is 0 Å². The van der Waals surface area contributed by atoms with E-state index >= 15 is 0 Å². The molecule has 0 saturated carbocycles. The summed E-state index contributed by atoms with van der Waals surface area (Å²) in [5, 5.41) is 11.8. The highest BCUT2D eigenvalue weighted by Gasteiger charge is 2.11. The van der Waals surface area contributed by atoms with Crippen LogP contribution in [0.4, 0.5) is 5.88 Å². The van der Waals surface area contributed by atoms with Crippen LogP contribution in [0.5, 0.6) is 0 Å². The van der Waals surface area contributed by atoms with E-state index in [1.54, 1.807) is 6.07 Å². The van der Waals surface area contributed by atoms with Crippen molar-refractivity contribution in [2.45, 2.75) is 39.2 Å². The molecule has 0 aliphatic heterocycles. The fraction of sp³-hybridized carbons (Fsp3) is 0.545. The lowest BCUT2D eigenvalue weighted by Gasteiger charge is -2.14. The number of carboxylic acids is 1. The first-order chi connectivity index (χ1) is 7.17. The third kappa shape index (κ3) is 3.31. The van der Waals surface area contributed by atoms with Gasteiger partial charge in [-0.2, -0.15) is 0 Å². The number of anilines is 1. The van der Waals surface area contributed by atoms with Gasteiger partial charge in [-0.05, 0) is 18.9 Å². The highest BCUT2D eigenvalue weighted by molar-refractivity contribution is 5.84. The first-order valence-corrected chi connectivity index (χ1v) is 5.27. The molecule has 15 heavy (non-hydrogen) atoms. The molecule has 0 amide bonds. The van der Waals surface area contributed by atoms with Crippen LogP contribution in [0.2, 0.25) is 0 Å². The molecule has 2 N–H and O–H groups in total. The van der Waals surface area contributed by atoms with Gasteiger partial charge in [-0.15, -0.1) is 0 Å². The number of carboxylic acid groups (broad SMARTS) is 1. The van der Waals surface area contributed by atoms with Gasteiger partial charge in [0.15, 0.2) is 5.88 Å². The van der Waals surface area contributed by atoms with E-state index in [0.717, 1.165) is 19.3 Å². The number of furan rings is 1. The van der Waals surface area contributed by atoms with E-state index in [4.69, 9.17) is 9.52 Å². The van der Waals surface area contributed by atoms with Crippen molar-refractivity contribution in [1.82, 2.24) is 0 Å². The lowest BCUT2D eigenvalue weighted by atomic mass is 10.1. The van der Waals surface area contributed by atoms with E-state index in [0.29, 0.717) is 11.9 Å². The maximum Gasteiger partial charge on any atom is 0.371 e. The monoisotopic (exact) mass is 211 g/mol. The van der Waals surface area contributed by atoms with Crippen molar-refractivity contribution < 1.29 is 14.3 Å². The highest BCUT2D eigenvalue weighted by Crippen LogP contribution is 2.16. The predicted molar refractivity (Wildman–Crippen MR) is 58.3 cm³/mol. The van der Waals surface area contributed by atoms with Crippen molar-refractivity contribution in [3.8, 4) is 0 Å². The topological polar surface area (TPSA) is 62.5 Å². The average molecular weight is 211 g/mol. The Hall–Kier alpha value is -1.45. The Bertz CT molecular complexity index is 319. The molecular weight excluding hydrogens is 194 g/mol. The maximum absolute atomic E-state index is 10.6. The smallest absolute Gasteiger partial charge is 0.371 e. The third-order valence-electron chi connectivity index (χ3n) is 2.29. The Balaban J connectivity index is 2.59. The molecule has 0 bridgehead atoms. The van der Waals surface area contributed by atoms with Gasteiger partial charge in [0.05, 0.1) is 0 Å². The zero-order valence-electron chi connectivity index (χ0n) is 9.12. The van der Waals surface area contributed by atoms with E-state index in [2.05, 4.69) is 19.2 Å². The molecule has 1 unspecified atom stereocenters. The zero-order valence-corrected chi connectivity index (χ0v) is 9.12. The lowest BCUT2D eigenvalue weighted by molar-refractivity contribution is 0.0663. The van der Waals surface area contributed by atoms with Gasteiger partial charge >= 0.3 is 5.97 Å². The van der Waals surface area contributed by atoms with Gasteiger partial charge in [-0.3, -0.25) is 0 Å². The van der Waals surface area contributed by atoms with Crippen LogP contribution >= 0.6 is 0 Å². The SMILES string of the molecule is CCCC(CC)Nc1ccc(C(=O)O)o1. The van der Waals surface area contributed by atoms with Gasteiger partial charge in [0.25, 0.3) is 0 Å². The molecular formula is C11H17NO3. The molecule has 0 aromatic carbocycles. The van der Waals surface area contributed by atoms with E-state index in [1.165, 1.54) is 6.07 Å². The van der Waals surface area contributed by atoms with Gasteiger partial charge in [-0.1, -0.05) is 20.3 Å². The molecule has 0 fully saturated rings. The number of nitrogens with one attached hydrogen (secondary N) is 1. The number of hydrogen-bond acceptors (Lipinski definition) is 3. The second-order valence-corrected chi connectivity index (χ2v) is 3.51. The first-order valence-electron chi connectivity index (χ1n) is 5.27. The van der Waals surface area contributed by atoms with Crippen LogP contribution in [-0.4, -0.2) is 17.1 Å². The fourth-order valence-corrected chi connectivity index (χ4v) is 1.46. The molecule has 0 radical (unpaired) electrons. The minimum Gasteiger partial charge on any atom is -0.475 e. The zero-order chi connectivity index (χ0) is 11.3. The van der Waals surface area contributed by atoms with Crippen LogP contribution in [0.3, 0.4) is 0 Å². The van der Waals surface area contributed by atoms with Crippen LogP contribution in [-0.2, 0) is 0 Å². The molecule has 1 heterocycles. The summed E-state index contributed by atoms with van der Waals surface area (Å²) in [4.78, 5) is 10.6. The molecule has 1 aromatic heterocycles. The van der Waals surface area contributed by atoms with Gasteiger partial charge in [-0.25, -0.2) is 4.79 Å². The van der Waals surface area contributed by atoms with Crippen molar-refractivity contribution in [2.75, 3.05) is 5.32 Å².